The number of pyridine rings is 3. The number of hydrogen-bond acceptors (Lipinski definition) is 24. The molecule has 5 fully saturated rings. The van der Waals surface area contributed by atoms with Gasteiger partial charge in [-0.15, -0.1) is 34.0 Å². The highest BCUT2D eigenvalue weighted by Crippen LogP contribution is 2.41. The first-order valence-corrected chi connectivity index (χ1v) is 38.9. The van der Waals surface area contributed by atoms with E-state index in [9.17, 15) is 0 Å². The minimum atomic E-state index is -0.0694. The molecule has 27 heteroatoms. The molecule has 8 N–H and O–H groups in total. The van der Waals surface area contributed by atoms with E-state index >= 15 is 0 Å². The summed E-state index contributed by atoms with van der Waals surface area (Å²) >= 11 is 8.94. The molecule has 0 spiro atoms. The normalized spacial score (nSPS) is 24.1. The summed E-state index contributed by atoms with van der Waals surface area (Å²) in [6, 6.07) is 14.6. The quantitative estimate of drug-likeness (QED) is 0.0464. The molecule has 0 aromatic carbocycles. The van der Waals surface area contributed by atoms with E-state index in [4.69, 9.17) is 45.1 Å². The molecule has 0 saturated carbocycles. The van der Waals surface area contributed by atoms with E-state index in [-0.39, 0.29) is 47.9 Å². The number of morpholine rings is 3. The third kappa shape index (κ3) is 20.8. The van der Waals surface area contributed by atoms with Gasteiger partial charge >= 0.3 is 0 Å². The van der Waals surface area contributed by atoms with Gasteiger partial charge < -0.3 is 56.4 Å². The van der Waals surface area contributed by atoms with Gasteiger partial charge in [-0.3, -0.25) is 14.7 Å². The van der Waals surface area contributed by atoms with Gasteiger partial charge in [0.25, 0.3) is 6.23 Å². The Hall–Kier alpha value is -5.66. The summed E-state index contributed by atoms with van der Waals surface area (Å²) in [6.07, 6.45) is 15.9. The fourth-order valence-corrected chi connectivity index (χ4v) is 17.6. The van der Waals surface area contributed by atoms with E-state index in [0.29, 0.717) is 18.0 Å². The van der Waals surface area contributed by atoms with Crippen molar-refractivity contribution in [2.45, 2.75) is 195 Å². The molecule has 8 atom stereocenters. The summed E-state index contributed by atoms with van der Waals surface area (Å²) < 4.78 is 37.9. The van der Waals surface area contributed by atoms with Crippen molar-refractivity contribution in [3.05, 3.63) is 62.9 Å². The van der Waals surface area contributed by atoms with Gasteiger partial charge in [0.1, 0.15) is 17.5 Å². The van der Waals surface area contributed by atoms with Crippen molar-refractivity contribution in [3.63, 3.8) is 0 Å². The smallest absolute Gasteiger partial charge is 0.288 e. The van der Waals surface area contributed by atoms with Gasteiger partial charge in [-0.2, -0.15) is 15.3 Å². The summed E-state index contributed by atoms with van der Waals surface area (Å²) in [6.45, 7) is 38.7. The number of fused-ring (bicyclic) bond motifs is 3. The lowest BCUT2D eigenvalue weighted by Crippen LogP contribution is -2.46. The standard InChI is InChI=1S/C27H41N6O2S.C19H23BrN4OS.C18H24N6OS.C8H18N2O/c1-18-16-32(17-19(2)35-18)12-11-28-20-15-24(31-27(3,4)5)30-21-14-23(36-26(20)21)22-9-10-29-33(22)25-8-6-7-13-34-25;1-19(2,3)23-16-10-12(20)18-13(22-16)11-15(26-18)14-7-8-21-24(14)17-6-4-5-9-25-17;1-11-9-24(10-12(2)25-11)6-5-20-14-8-17(19)22-15-7-16(26-18(14)15)13-3-4-21-23-13;1-7-5-10(4-3-9)6-8(2)11-7/h10,14-15,18-19,25H,6-9,11-13,16-17H2,1-5H3,(H2,28,30,31);7-8,10-11,17H,4-6,9H2,1-3H3,(H,22,23);4,7-8,11-12H,3,5-6,9-10H2,1-2H3,(H3,19,20,22);7-8H,3-6,9H2,1-2H3/q+1;;;/t18-,19+,25?;;11-,12+;7-,8+. The fourth-order valence-electron chi connectivity index (χ4n) is 13.7. The summed E-state index contributed by atoms with van der Waals surface area (Å²) in [4.78, 5) is 25.1. The number of nitrogens with zero attached hydrogens (tertiary/aromatic N) is 12. The van der Waals surface area contributed by atoms with E-state index in [2.05, 4.69) is 201 Å². The molecule has 0 radical (unpaired) electrons. The van der Waals surface area contributed by atoms with Gasteiger partial charge in [0.2, 0.25) is 5.71 Å². The van der Waals surface area contributed by atoms with Crippen molar-refractivity contribution in [3.8, 4) is 10.6 Å². The topological polar surface area (TPSA) is 253 Å². The zero-order valence-electron chi connectivity index (χ0n) is 60.1. The van der Waals surface area contributed by atoms with Crippen LogP contribution in [0.15, 0.2) is 68.4 Å². The van der Waals surface area contributed by atoms with E-state index in [0.717, 1.165) is 205 Å². The number of hydrogen-bond donors (Lipinski definition) is 6. The molecule has 2 unspecified atom stereocenters. The average molecular weight is 1480 g/mol. The Morgan fingerprint density at radius 2 is 1.12 bits per heavy atom. The zero-order chi connectivity index (χ0) is 70.0. The number of hydrazone groups is 1. The lowest BCUT2D eigenvalue weighted by atomic mass is 10.1. The van der Waals surface area contributed by atoms with Crippen LogP contribution in [0.4, 0.5) is 28.8 Å². The minimum Gasteiger partial charge on any atom is -0.384 e. The van der Waals surface area contributed by atoms with Crippen molar-refractivity contribution >= 4 is 133 Å². The van der Waals surface area contributed by atoms with Gasteiger partial charge in [-0.25, -0.2) is 19.6 Å². The first-order valence-electron chi connectivity index (χ1n) is 35.6. The number of rotatable bonds is 17. The Kier molecular flexibility index (Phi) is 25.7. The molecule has 99 heavy (non-hydrogen) atoms. The van der Waals surface area contributed by atoms with Gasteiger partial charge in [0.05, 0.1) is 124 Å². The molecule has 0 bridgehead atoms. The second kappa shape index (κ2) is 34.1. The molecule has 7 aliphatic heterocycles. The highest BCUT2D eigenvalue weighted by molar-refractivity contribution is 9.10. The minimum absolute atomic E-state index is 0.0318. The van der Waals surface area contributed by atoms with Crippen LogP contribution in [0, 0.1) is 0 Å². The van der Waals surface area contributed by atoms with Gasteiger partial charge in [-0.05, 0) is 167 Å². The van der Waals surface area contributed by atoms with Crippen LogP contribution >= 0.6 is 49.9 Å². The largest absolute Gasteiger partial charge is 0.384 e. The Labute approximate surface area is 605 Å². The molecule has 14 heterocycles. The number of aromatic nitrogens is 5. The Bertz CT molecular complexity index is 3910. The molecular formula is C72H106BrN18O5S3+. The number of halogens is 1. The van der Waals surface area contributed by atoms with E-state index in [1.165, 1.54) is 28.1 Å². The van der Waals surface area contributed by atoms with E-state index in [1.807, 2.05) is 29.4 Å². The molecule has 14 rings (SSSR count). The Morgan fingerprint density at radius 3 is 1.68 bits per heavy atom. The zero-order valence-corrected chi connectivity index (χ0v) is 64.1. The molecule has 0 aliphatic carbocycles. The lowest BCUT2D eigenvalue weighted by Gasteiger charge is -2.35. The molecule has 7 aromatic heterocycles. The van der Waals surface area contributed by atoms with Crippen molar-refractivity contribution < 1.29 is 28.4 Å². The monoisotopic (exact) mass is 1480 g/mol. The lowest BCUT2D eigenvalue weighted by molar-refractivity contribution is -0.619. The summed E-state index contributed by atoms with van der Waals surface area (Å²) in [5, 5.41) is 31.7. The van der Waals surface area contributed by atoms with Crippen molar-refractivity contribution in [1.82, 2.24) is 39.4 Å². The van der Waals surface area contributed by atoms with Crippen LogP contribution < -0.4 is 32.7 Å². The molecule has 0 amide bonds. The molecule has 23 nitrogen and oxygen atoms in total. The van der Waals surface area contributed by atoms with Crippen LogP contribution in [0.3, 0.4) is 0 Å². The average Bonchev–Trinajstić information content (AvgIpc) is 1.65. The number of ether oxygens (including phenoxy) is 5. The van der Waals surface area contributed by atoms with Crippen LogP contribution in [-0.2, 0) is 23.7 Å². The third-order valence-electron chi connectivity index (χ3n) is 17.5. The molecule has 7 aliphatic rings. The third-order valence-corrected chi connectivity index (χ3v) is 22.0. The summed E-state index contributed by atoms with van der Waals surface area (Å²) in [5.74, 6) is 2.31. The maximum absolute atomic E-state index is 6.06. The van der Waals surface area contributed by atoms with Crippen molar-refractivity contribution in [1.29, 1.82) is 0 Å². The van der Waals surface area contributed by atoms with Crippen LogP contribution in [0.1, 0.15) is 150 Å². The van der Waals surface area contributed by atoms with Crippen LogP contribution in [-0.4, -0.2) is 214 Å². The maximum atomic E-state index is 6.06. The van der Waals surface area contributed by atoms with Crippen molar-refractivity contribution in [2.24, 2.45) is 21.0 Å². The molecule has 7 aromatic rings. The predicted octanol–water partition coefficient (Wildman–Crippen LogP) is 13.2. The second-order valence-electron chi connectivity index (χ2n) is 29.2. The van der Waals surface area contributed by atoms with Gasteiger partial charge in [0.15, 0.2) is 6.23 Å². The summed E-state index contributed by atoms with van der Waals surface area (Å²) in [7, 11) is 0. The SMILES string of the molecule is CC(C)(C)Nc1cc(Br)c2sc(-c3ccnn3C3CCCCO3)cc2n1.C[C@@H]1CN(CCN)C[C@H](C)O1.C[C@@H]1CN(CCNc2cc(N)nc3cc(C4=NN=CC4)sc23)C[C@H](C)O1.C[C@@H]1CN(CCNc2cc(NC(C)(C)C)nc3cc(C4=[N+](C5CCCCO5)N=CC4)sc23)C[C@H](C)O1. The highest BCUT2D eigenvalue weighted by atomic mass is 79.9. The van der Waals surface area contributed by atoms with E-state index in [1.54, 1.807) is 34.0 Å². The van der Waals surface area contributed by atoms with Gasteiger partial charge in [0, 0.05) is 138 Å². The number of anilines is 5. The molecule has 538 valence electrons. The Morgan fingerprint density at radius 1 is 0.596 bits per heavy atom. The number of nitrogen functional groups attached to an aromatic ring is 1. The highest BCUT2D eigenvalue weighted by Gasteiger charge is 2.34. The molecule has 5 saturated heterocycles. The second-order valence-corrected chi connectivity index (χ2v) is 33.2. The maximum Gasteiger partial charge on any atom is 0.288 e. The molecular weight excluding hydrogens is 1370 g/mol. The van der Waals surface area contributed by atoms with Gasteiger partial charge in [-0.1, -0.05) is 4.68 Å². The number of nitrogens with one attached hydrogen (secondary N) is 4. The number of nitrogens with two attached hydrogens (primary N) is 2. The number of thiophene rings is 3. The van der Waals surface area contributed by atoms with Crippen LogP contribution in [0.5, 0.6) is 0 Å². The first-order chi connectivity index (χ1) is 47.5. The fraction of sp³-hybridized carbons (Fsp3) is 0.611. The predicted molar refractivity (Wildman–Crippen MR) is 414 cm³/mol. The van der Waals surface area contributed by atoms with Crippen LogP contribution in [0.25, 0.3) is 41.2 Å². The summed E-state index contributed by atoms with van der Waals surface area (Å²) in [5.41, 5.74) is 19.8. The van der Waals surface area contributed by atoms with Crippen LogP contribution in [0.2, 0.25) is 0 Å². The van der Waals surface area contributed by atoms with Crippen molar-refractivity contribution in [2.75, 3.05) is 119 Å². The first kappa shape index (κ1) is 74.5. The van der Waals surface area contributed by atoms with E-state index < -0.39 is 0 Å². The Balaban J connectivity index is 0.000000141.